The highest BCUT2D eigenvalue weighted by Crippen LogP contribution is 2.27. The zero-order valence-electron chi connectivity index (χ0n) is 12.3. The van der Waals surface area contributed by atoms with Gasteiger partial charge in [0.25, 0.3) is 0 Å². The van der Waals surface area contributed by atoms with Gasteiger partial charge in [-0.1, -0.05) is 23.7 Å². The van der Waals surface area contributed by atoms with Crippen LogP contribution in [0.25, 0.3) is 11.3 Å². The quantitative estimate of drug-likeness (QED) is 0.943. The lowest BCUT2D eigenvalue weighted by Gasteiger charge is -2.37. The second-order valence-corrected chi connectivity index (χ2v) is 6.05. The maximum Gasteiger partial charge on any atom is 0.126 e. The number of rotatable bonds is 3. The number of aromatic nitrogens is 2. The molecule has 1 atom stereocenters. The molecule has 112 valence electrons. The summed E-state index contributed by atoms with van der Waals surface area (Å²) < 4.78 is 5.63. The average molecular weight is 306 g/mol. The Morgan fingerprint density at radius 2 is 2.10 bits per heavy atom. The highest BCUT2D eigenvalue weighted by molar-refractivity contribution is 6.30. The first kappa shape index (κ1) is 14.6. The van der Waals surface area contributed by atoms with E-state index in [1.54, 1.807) is 0 Å². The molecule has 4 nitrogen and oxygen atoms in total. The maximum absolute atomic E-state index is 5.93. The number of benzene rings is 1. The number of aromatic amines is 1. The topological polar surface area (TPSA) is 41.1 Å². The molecule has 0 spiro atoms. The third-order valence-electron chi connectivity index (χ3n) is 3.90. The first-order valence-corrected chi connectivity index (χ1v) is 7.67. The lowest BCUT2D eigenvalue weighted by atomic mass is 10.1. The Balaban J connectivity index is 1.85. The van der Waals surface area contributed by atoms with Gasteiger partial charge in [-0.05, 0) is 31.5 Å². The van der Waals surface area contributed by atoms with E-state index in [-0.39, 0.29) is 6.04 Å². The van der Waals surface area contributed by atoms with Crippen LogP contribution >= 0.6 is 11.6 Å². The second kappa shape index (κ2) is 6.18. The summed E-state index contributed by atoms with van der Waals surface area (Å²) in [5.41, 5.74) is 2.10. The highest BCUT2D eigenvalue weighted by atomic mass is 35.5. The van der Waals surface area contributed by atoms with Crippen molar-refractivity contribution in [1.82, 2.24) is 14.9 Å². The summed E-state index contributed by atoms with van der Waals surface area (Å²) in [5.74, 6) is 0.966. The Morgan fingerprint density at radius 1 is 1.33 bits per heavy atom. The zero-order valence-corrected chi connectivity index (χ0v) is 13.1. The molecule has 1 N–H and O–H groups in total. The van der Waals surface area contributed by atoms with Crippen LogP contribution < -0.4 is 0 Å². The van der Waals surface area contributed by atoms with Crippen LogP contribution in [-0.4, -0.2) is 40.7 Å². The average Bonchev–Trinajstić information content (AvgIpc) is 2.97. The lowest BCUT2D eigenvalue weighted by Crippen LogP contribution is -2.43. The molecule has 1 fully saturated rings. The number of ether oxygens (including phenoxy) is 1. The number of nitrogens with zero attached hydrogens (tertiary/aromatic N) is 2. The molecule has 0 radical (unpaired) electrons. The molecule has 2 aromatic rings. The summed E-state index contributed by atoms with van der Waals surface area (Å²) in [6.07, 6.45) is 1.88. The van der Waals surface area contributed by atoms with Gasteiger partial charge in [0.1, 0.15) is 5.82 Å². The van der Waals surface area contributed by atoms with Gasteiger partial charge in [0.2, 0.25) is 0 Å². The summed E-state index contributed by atoms with van der Waals surface area (Å²) >= 11 is 5.93. The molecule has 21 heavy (non-hydrogen) atoms. The molecule has 1 saturated heterocycles. The molecule has 1 aliphatic heterocycles. The molecule has 1 aliphatic rings. The van der Waals surface area contributed by atoms with E-state index in [9.17, 15) is 0 Å². The number of halogens is 1. The zero-order chi connectivity index (χ0) is 14.8. The van der Waals surface area contributed by atoms with Crippen LogP contribution in [-0.2, 0) is 4.74 Å². The Bertz CT molecular complexity index is 594. The Morgan fingerprint density at radius 3 is 2.81 bits per heavy atom. The normalized spacial score (nSPS) is 20.1. The van der Waals surface area contributed by atoms with Gasteiger partial charge in [0.15, 0.2) is 0 Å². The number of hydrogen-bond acceptors (Lipinski definition) is 3. The van der Waals surface area contributed by atoms with Crippen LogP contribution in [0.2, 0.25) is 5.02 Å². The van der Waals surface area contributed by atoms with Crippen LogP contribution in [0, 0.1) is 0 Å². The number of hydrogen-bond donors (Lipinski definition) is 1. The van der Waals surface area contributed by atoms with Crippen molar-refractivity contribution in [3.05, 3.63) is 41.3 Å². The molecular weight excluding hydrogens is 286 g/mol. The minimum Gasteiger partial charge on any atom is -0.378 e. The molecule has 0 saturated carbocycles. The number of nitrogens with one attached hydrogen (secondary N) is 1. The van der Waals surface area contributed by atoms with Crippen molar-refractivity contribution in [2.24, 2.45) is 0 Å². The van der Waals surface area contributed by atoms with E-state index < -0.39 is 0 Å². The van der Waals surface area contributed by atoms with Crippen molar-refractivity contribution >= 4 is 11.6 Å². The van der Waals surface area contributed by atoms with Gasteiger partial charge in [0, 0.05) is 17.6 Å². The van der Waals surface area contributed by atoms with E-state index in [0.29, 0.717) is 12.6 Å². The van der Waals surface area contributed by atoms with Crippen molar-refractivity contribution in [1.29, 1.82) is 0 Å². The molecule has 0 amide bonds. The van der Waals surface area contributed by atoms with E-state index in [1.165, 1.54) is 0 Å². The van der Waals surface area contributed by atoms with Crippen molar-refractivity contribution in [2.45, 2.75) is 25.9 Å². The summed E-state index contributed by atoms with van der Waals surface area (Å²) in [6.45, 7) is 6.84. The minimum absolute atomic E-state index is 0.194. The number of morpholine rings is 1. The Kier molecular flexibility index (Phi) is 4.29. The molecule has 2 heterocycles. The van der Waals surface area contributed by atoms with Crippen molar-refractivity contribution in [2.75, 3.05) is 19.8 Å². The van der Waals surface area contributed by atoms with Crippen LogP contribution in [0.5, 0.6) is 0 Å². The summed E-state index contributed by atoms with van der Waals surface area (Å²) in [6, 6.07) is 8.44. The van der Waals surface area contributed by atoms with Crippen molar-refractivity contribution in [3.63, 3.8) is 0 Å². The lowest BCUT2D eigenvalue weighted by molar-refractivity contribution is -0.0262. The summed E-state index contributed by atoms with van der Waals surface area (Å²) in [4.78, 5) is 10.4. The van der Waals surface area contributed by atoms with E-state index in [4.69, 9.17) is 16.3 Å². The van der Waals surface area contributed by atoms with Crippen LogP contribution in [0.3, 0.4) is 0 Å². The molecule has 3 rings (SSSR count). The SMILES string of the molecule is CC(C)N1CCOCC1c1ncc(-c2ccc(Cl)cc2)[nH]1. The van der Waals surface area contributed by atoms with Gasteiger partial charge in [0.05, 0.1) is 31.1 Å². The monoisotopic (exact) mass is 305 g/mol. The van der Waals surface area contributed by atoms with Gasteiger partial charge < -0.3 is 9.72 Å². The molecular formula is C16H20ClN3O. The van der Waals surface area contributed by atoms with Gasteiger partial charge in [-0.15, -0.1) is 0 Å². The van der Waals surface area contributed by atoms with Gasteiger partial charge >= 0.3 is 0 Å². The van der Waals surface area contributed by atoms with E-state index in [0.717, 1.165) is 35.3 Å². The predicted molar refractivity (Wildman–Crippen MR) is 84.4 cm³/mol. The molecule has 1 aromatic carbocycles. The highest BCUT2D eigenvalue weighted by Gasteiger charge is 2.28. The van der Waals surface area contributed by atoms with Crippen LogP contribution in [0.1, 0.15) is 25.7 Å². The molecule has 0 bridgehead atoms. The van der Waals surface area contributed by atoms with Gasteiger partial charge in [-0.3, -0.25) is 4.90 Å². The van der Waals surface area contributed by atoms with Gasteiger partial charge in [-0.25, -0.2) is 4.98 Å². The molecule has 0 aliphatic carbocycles. The fraction of sp³-hybridized carbons (Fsp3) is 0.438. The fourth-order valence-corrected chi connectivity index (χ4v) is 2.88. The number of H-pyrrole nitrogens is 1. The Hall–Kier alpha value is -1.36. The predicted octanol–water partition coefficient (Wildman–Crippen LogP) is 3.51. The number of imidazole rings is 1. The third kappa shape index (κ3) is 3.12. The smallest absolute Gasteiger partial charge is 0.126 e. The maximum atomic E-state index is 5.93. The fourth-order valence-electron chi connectivity index (χ4n) is 2.75. The second-order valence-electron chi connectivity index (χ2n) is 5.61. The van der Waals surface area contributed by atoms with Crippen molar-refractivity contribution < 1.29 is 4.74 Å². The molecule has 1 aromatic heterocycles. The summed E-state index contributed by atoms with van der Waals surface area (Å²) in [5, 5.41) is 0.741. The van der Waals surface area contributed by atoms with Gasteiger partial charge in [-0.2, -0.15) is 0 Å². The first-order chi connectivity index (χ1) is 10.1. The van der Waals surface area contributed by atoms with Crippen molar-refractivity contribution in [3.8, 4) is 11.3 Å². The van der Waals surface area contributed by atoms with E-state index in [2.05, 4.69) is 28.7 Å². The van der Waals surface area contributed by atoms with E-state index in [1.807, 2.05) is 30.5 Å². The van der Waals surface area contributed by atoms with E-state index >= 15 is 0 Å². The largest absolute Gasteiger partial charge is 0.378 e. The third-order valence-corrected chi connectivity index (χ3v) is 4.15. The molecule has 5 heteroatoms. The van der Waals surface area contributed by atoms with Crippen LogP contribution in [0.4, 0.5) is 0 Å². The molecule has 1 unspecified atom stereocenters. The summed E-state index contributed by atoms with van der Waals surface area (Å²) in [7, 11) is 0. The standard InChI is InChI=1S/C16H20ClN3O/c1-11(2)20-7-8-21-10-15(20)16-18-9-14(19-16)12-3-5-13(17)6-4-12/h3-6,9,11,15H,7-8,10H2,1-2H3,(H,18,19). The van der Waals surface area contributed by atoms with Crippen LogP contribution in [0.15, 0.2) is 30.5 Å². The Labute approximate surface area is 130 Å². The first-order valence-electron chi connectivity index (χ1n) is 7.29. The minimum atomic E-state index is 0.194.